The predicted octanol–water partition coefficient (Wildman–Crippen LogP) is 8.00. The molecule has 0 aromatic heterocycles. The van der Waals surface area contributed by atoms with E-state index in [0.29, 0.717) is 25.1 Å². The number of carbonyl (C=O) groups excluding carboxylic acids is 1. The van der Waals surface area contributed by atoms with Crippen LogP contribution in [0.25, 0.3) is 0 Å². The SMILES string of the molecule is CCC(C(=O)O)c1ccc(Sc2cccc(N(CCCc3ccccc3)C(=O)Nc3ccccc3[N+](=O)[O-])c2)cc1. The van der Waals surface area contributed by atoms with Crippen LogP contribution >= 0.6 is 11.8 Å². The van der Waals surface area contributed by atoms with Crippen LogP contribution in [-0.4, -0.2) is 28.6 Å². The number of carboxylic acids is 1. The number of anilines is 2. The third kappa shape index (κ3) is 7.95. The molecule has 4 aromatic rings. The number of hydrogen-bond donors (Lipinski definition) is 2. The van der Waals surface area contributed by atoms with Gasteiger partial charge in [0.25, 0.3) is 5.69 Å². The van der Waals surface area contributed by atoms with E-state index in [-0.39, 0.29) is 11.4 Å². The molecule has 41 heavy (non-hydrogen) atoms. The van der Waals surface area contributed by atoms with Crippen molar-refractivity contribution in [2.75, 3.05) is 16.8 Å². The van der Waals surface area contributed by atoms with Crippen LogP contribution in [-0.2, 0) is 11.2 Å². The second-order valence-electron chi connectivity index (χ2n) is 9.41. The Hall–Kier alpha value is -4.63. The molecule has 0 aliphatic carbocycles. The molecule has 0 saturated carbocycles. The van der Waals surface area contributed by atoms with Crippen LogP contribution in [0.2, 0.25) is 0 Å². The molecule has 9 heteroatoms. The molecule has 0 fully saturated rings. The molecule has 2 amide bonds. The zero-order valence-electron chi connectivity index (χ0n) is 22.6. The molecule has 4 aromatic carbocycles. The van der Waals surface area contributed by atoms with E-state index in [9.17, 15) is 24.8 Å². The number of hydrogen-bond acceptors (Lipinski definition) is 5. The molecule has 210 valence electrons. The number of para-hydroxylation sites is 2. The van der Waals surface area contributed by atoms with Crippen molar-refractivity contribution in [2.45, 2.75) is 41.9 Å². The lowest BCUT2D eigenvalue weighted by atomic mass is 9.97. The summed E-state index contributed by atoms with van der Waals surface area (Å²) >= 11 is 1.50. The number of benzene rings is 4. The van der Waals surface area contributed by atoms with Crippen molar-refractivity contribution in [1.82, 2.24) is 0 Å². The molecular formula is C32H31N3O5S. The maximum atomic E-state index is 13.5. The number of amides is 2. The van der Waals surface area contributed by atoms with Crippen LogP contribution in [0, 0.1) is 10.1 Å². The molecule has 0 aliphatic rings. The first kappa shape index (κ1) is 29.4. The lowest BCUT2D eigenvalue weighted by molar-refractivity contribution is -0.383. The smallest absolute Gasteiger partial charge is 0.326 e. The highest BCUT2D eigenvalue weighted by molar-refractivity contribution is 7.99. The van der Waals surface area contributed by atoms with E-state index in [0.717, 1.165) is 27.3 Å². The summed E-state index contributed by atoms with van der Waals surface area (Å²) in [5.74, 6) is -1.38. The first-order valence-electron chi connectivity index (χ1n) is 13.3. The van der Waals surface area contributed by atoms with Gasteiger partial charge in [-0.15, -0.1) is 0 Å². The van der Waals surface area contributed by atoms with Crippen molar-refractivity contribution < 1.29 is 19.6 Å². The first-order chi connectivity index (χ1) is 19.9. The molecule has 0 saturated heterocycles. The van der Waals surface area contributed by atoms with Gasteiger partial charge in [0.05, 0.1) is 10.8 Å². The number of urea groups is 1. The summed E-state index contributed by atoms with van der Waals surface area (Å²) in [6.45, 7) is 2.25. The molecule has 0 radical (unpaired) electrons. The molecule has 0 bridgehead atoms. The lowest BCUT2D eigenvalue weighted by Gasteiger charge is -2.24. The maximum Gasteiger partial charge on any atom is 0.326 e. The van der Waals surface area contributed by atoms with E-state index in [4.69, 9.17) is 0 Å². The van der Waals surface area contributed by atoms with Gasteiger partial charge in [-0.05, 0) is 66.8 Å². The number of aliphatic carboxylic acids is 1. The van der Waals surface area contributed by atoms with Gasteiger partial charge in [0.15, 0.2) is 0 Å². The summed E-state index contributed by atoms with van der Waals surface area (Å²) in [7, 11) is 0. The first-order valence-corrected chi connectivity index (χ1v) is 14.1. The fourth-order valence-corrected chi connectivity index (χ4v) is 5.40. The van der Waals surface area contributed by atoms with E-state index >= 15 is 0 Å². The van der Waals surface area contributed by atoms with Crippen molar-refractivity contribution in [1.29, 1.82) is 0 Å². The number of carboxylic acid groups (broad SMARTS) is 1. The van der Waals surface area contributed by atoms with Crippen molar-refractivity contribution >= 4 is 40.8 Å². The Balaban J connectivity index is 1.55. The van der Waals surface area contributed by atoms with Gasteiger partial charge in [-0.1, -0.05) is 79.3 Å². The summed E-state index contributed by atoms with van der Waals surface area (Å²) in [4.78, 5) is 39.5. The maximum absolute atomic E-state index is 13.5. The molecule has 0 aliphatic heterocycles. The highest BCUT2D eigenvalue weighted by Gasteiger charge is 2.21. The molecule has 0 spiro atoms. The number of carbonyl (C=O) groups is 2. The Kier molecular flexibility index (Phi) is 10.1. The van der Waals surface area contributed by atoms with Crippen LogP contribution in [0.4, 0.5) is 21.9 Å². The number of rotatable bonds is 12. The Bertz CT molecular complexity index is 1490. The molecule has 8 nitrogen and oxygen atoms in total. The van der Waals surface area contributed by atoms with E-state index < -0.39 is 22.8 Å². The van der Waals surface area contributed by atoms with Crippen LogP contribution in [0.3, 0.4) is 0 Å². The van der Waals surface area contributed by atoms with Gasteiger partial charge >= 0.3 is 12.0 Å². The average molecular weight is 570 g/mol. The molecule has 0 heterocycles. The summed E-state index contributed by atoms with van der Waals surface area (Å²) < 4.78 is 0. The number of nitrogens with one attached hydrogen (secondary N) is 1. The number of nitro groups is 1. The van der Waals surface area contributed by atoms with Crippen molar-refractivity contribution in [2.24, 2.45) is 0 Å². The van der Waals surface area contributed by atoms with Crippen molar-refractivity contribution in [3.63, 3.8) is 0 Å². The van der Waals surface area contributed by atoms with Crippen LogP contribution < -0.4 is 10.2 Å². The van der Waals surface area contributed by atoms with Gasteiger partial charge in [0.2, 0.25) is 0 Å². The second kappa shape index (κ2) is 14.1. The minimum Gasteiger partial charge on any atom is -0.481 e. The van der Waals surface area contributed by atoms with Crippen LogP contribution in [0.15, 0.2) is 113 Å². The third-order valence-corrected chi connectivity index (χ3v) is 7.63. The Labute approximate surface area is 243 Å². The summed E-state index contributed by atoms with van der Waals surface area (Å²) in [5, 5.41) is 23.7. The average Bonchev–Trinajstić information content (AvgIpc) is 2.97. The fourth-order valence-electron chi connectivity index (χ4n) is 4.53. The van der Waals surface area contributed by atoms with Crippen LogP contribution in [0.1, 0.15) is 36.8 Å². The molecule has 1 atom stereocenters. The third-order valence-electron chi connectivity index (χ3n) is 6.63. The van der Waals surface area contributed by atoms with E-state index in [1.807, 2.05) is 85.8 Å². The largest absolute Gasteiger partial charge is 0.481 e. The minimum absolute atomic E-state index is 0.132. The molecule has 4 rings (SSSR count). The number of nitrogens with zero attached hydrogens (tertiary/aromatic N) is 2. The second-order valence-corrected chi connectivity index (χ2v) is 10.6. The highest BCUT2D eigenvalue weighted by Crippen LogP contribution is 2.33. The van der Waals surface area contributed by atoms with Gasteiger partial charge < -0.3 is 10.4 Å². The fraction of sp³-hybridized carbons (Fsp3) is 0.188. The topological polar surface area (TPSA) is 113 Å². The van der Waals surface area contributed by atoms with Gasteiger partial charge in [-0.25, -0.2) is 4.79 Å². The Morgan fingerprint density at radius 1 is 0.927 bits per heavy atom. The zero-order valence-corrected chi connectivity index (χ0v) is 23.4. The van der Waals surface area contributed by atoms with Crippen molar-refractivity contribution in [3.05, 3.63) is 124 Å². The molecule has 1 unspecified atom stereocenters. The monoisotopic (exact) mass is 569 g/mol. The summed E-state index contributed by atoms with van der Waals surface area (Å²) in [6.07, 6.45) is 1.97. The highest BCUT2D eigenvalue weighted by atomic mass is 32.2. The molecular weight excluding hydrogens is 538 g/mol. The standard InChI is InChI=1S/C32H31N3O5S/c1-2-28(31(36)37)24-17-19-26(20-18-24)41-27-14-8-13-25(22-27)34(21-9-12-23-10-4-3-5-11-23)32(38)33-29-15-6-7-16-30(29)35(39)40/h3-8,10-11,13-20,22,28H,2,9,12,21H2,1H3,(H,33,38)(H,36,37). The van der Waals surface area contributed by atoms with Gasteiger partial charge in [-0.3, -0.25) is 19.8 Å². The lowest BCUT2D eigenvalue weighted by Crippen LogP contribution is -2.36. The van der Waals surface area contributed by atoms with Gasteiger partial charge in [0.1, 0.15) is 5.69 Å². The van der Waals surface area contributed by atoms with Crippen LogP contribution in [0.5, 0.6) is 0 Å². The zero-order chi connectivity index (χ0) is 29.2. The molecule has 2 N–H and O–H groups in total. The van der Waals surface area contributed by atoms with E-state index in [1.165, 1.54) is 23.9 Å². The van der Waals surface area contributed by atoms with Gasteiger partial charge in [-0.2, -0.15) is 0 Å². The van der Waals surface area contributed by atoms with E-state index in [1.54, 1.807) is 17.0 Å². The number of nitro benzene ring substituents is 1. The Morgan fingerprint density at radius 3 is 2.32 bits per heavy atom. The quantitative estimate of drug-likeness (QED) is 0.132. The normalized spacial score (nSPS) is 11.4. The predicted molar refractivity (Wildman–Crippen MR) is 162 cm³/mol. The van der Waals surface area contributed by atoms with E-state index in [2.05, 4.69) is 5.32 Å². The summed E-state index contributed by atoms with van der Waals surface area (Å²) in [5.41, 5.74) is 2.54. The number of aryl methyl sites for hydroxylation is 1. The summed E-state index contributed by atoms with van der Waals surface area (Å²) in [6, 6.07) is 30.6. The minimum atomic E-state index is -0.841. The van der Waals surface area contributed by atoms with Gasteiger partial charge in [0, 0.05) is 28.1 Å². The Morgan fingerprint density at radius 2 is 1.63 bits per heavy atom. The van der Waals surface area contributed by atoms with Crippen molar-refractivity contribution in [3.8, 4) is 0 Å².